The van der Waals surface area contributed by atoms with E-state index < -0.39 is 0 Å². The number of carbonyl (C=O) groups is 1. The summed E-state index contributed by atoms with van der Waals surface area (Å²) in [7, 11) is 1.58. The second-order valence-electron chi connectivity index (χ2n) is 3.63. The molecule has 5 nitrogen and oxygen atoms in total. The number of aromatic nitrogens is 1. The van der Waals surface area contributed by atoms with Crippen LogP contribution >= 0.6 is 0 Å². The van der Waals surface area contributed by atoms with Gasteiger partial charge in [0.25, 0.3) is 0 Å². The van der Waals surface area contributed by atoms with Crippen LogP contribution in [0.2, 0.25) is 0 Å². The Morgan fingerprint density at radius 3 is 3.25 bits per heavy atom. The van der Waals surface area contributed by atoms with Gasteiger partial charge in [-0.1, -0.05) is 0 Å². The van der Waals surface area contributed by atoms with Crippen LogP contribution in [0.1, 0.15) is 6.42 Å². The number of hydrogen-bond donors (Lipinski definition) is 1. The van der Waals surface area contributed by atoms with Crippen LogP contribution in [-0.4, -0.2) is 31.2 Å². The molecule has 1 aliphatic heterocycles. The first-order chi connectivity index (χ1) is 7.79. The van der Waals surface area contributed by atoms with Gasteiger partial charge in [-0.3, -0.25) is 4.79 Å². The summed E-state index contributed by atoms with van der Waals surface area (Å²) < 4.78 is 10.2. The Kier molecular flexibility index (Phi) is 3.36. The van der Waals surface area contributed by atoms with Crippen LogP contribution in [0.3, 0.4) is 0 Å². The van der Waals surface area contributed by atoms with Gasteiger partial charge in [0.1, 0.15) is 11.6 Å². The summed E-state index contributed by atoms with van der Waals surface area (Å²) in [6.07, 6.45) is 2.37. The van der Waals surface area contributed by atoms with Gasteiger partial charge in [0, 0.05) is 18.9 Å². The highest BCUT2D eigenvalue weighted by Gasteiger charge is 2.23. The molecule has 2 rings (SSSR count). The van der Waals surface area contributed by atoms with Crippen LogP contribution in [0.15, 0.2) is 18.3 Å². The van der Waals surface area contributed by atoms with Gasteiger partial charge in [0.2, 0.25) is 5.91 Å². The molecule has 1 N–H and O–H groups in total. The molecule has 0 bridgehead atoms. The fraction of sp³-hybridized carbons (Fsp3) is 0.455. The average Bonchev–Trinajstić information content (AvgIpc) is 2.83. The molecule has 16 heavy (non-hydrogen) atoms. The lowest BCUT2D eigenvalue weighted by Crippen LogP contribution is -2.23. The predicted molar refractivity (Wildman–Crippen MR) is 58.3 cm³/mol. The maximum absolute atomic E-state index is 11.7. The fourth-order valence-corrected chi connectivity index (χ4v) is 1.58. The summed E-state index contributed by atoms with van der Waals surface area (Å²) >= 11 is 0. The highest BCUT2D eigenvalue weighted by molar-refractivity contribution is 5.92. The molecule has 0 radical (unpaired) electrons. The summed E-state index contributed by atoms with van der Waals surface area (Å²) in [5.41, 5.74) is 0. The standard InChI is InChI=1S/C11H14N2O3/c1-15-9-2-4-12-10(6-9)13-11(14)8-3-5-16-7-8/h2,4,6,8H,3,5,7H2,1H3,(H,12,13,14)/t8-/m1/s1. The van der Waals surface area contributed by atoms with Crippen molar-refractivity contribution in [2.75, 3.05) is 25.6 Å². The summed E-state index contributed by atoms with van der Waals surface area (Å²) in [5.74, 6) is 1.08. The van der Waals surface area contributed by atoms with E-state index in [4.69, 9.17) is 9.47 Å². The van der Waals surface area contributed by atoms with E-state index in [9.17, 15) is 4.79 Å². The van der Waals surface area contributed by atoms with Gasteiger partial charge in [0.05, 0.1) is 19.6 Å². The quantitative estimate of drug-likeness (QED) is 0.830. The first kappa shape index (κ1) is 10.9. The van der Waals surface area contributed by atoms with E-state index in [2.05, 4.69) is 10.3 Å². The minimum atomic E-state index is -0.0620. The predicted octanol–water partition coefficient (Wildman–Crippen LogP) is 1.07. The second kappa shape index (κ2) is 4.94. The number of nitrogens with one attached hydrogen (secondary N) is 1. The minimum absolute atomic E-state index is 0.0433. The molecule has 1 aromatic rings. The third-order valence-corrected chi connectivity index (χ3v) is 2.52. The Bertz CT molecular complexity index is 375. The van der Waals surface area contributed by atoms with E-state index in [-0.39, 0.29) is 11.8 Å². The van der Waals surface area contributed by atoms with E-state index in [1.165, 1.54) is 0 Å². The van der Waals surface area contributed by atoms with Crippen LogP contribution in [0.4, 0.5) is 5.82 Å². The Labute approximate surface area is 93.8 Å². The van der Waals surface area contributed by atoms with Crippen molar-refractivity contribution in [3.8, 4) is 5.75 Å². The van der Waals surface area contributed by atoms with Gasteiger partial charge in [-0.05, 0) is 12.5 Å². The van der Waals surface area contributed by atoms with Crippen molar-refractivity contribution in [3.05, 3.63) is 18.3 Å². The summed E-state index contributed by atoms with van der Waals surface area (Å²) in [6.45, 7) is 1.15. The van der Waals surface area contributed by atoms with Gasteiger partial charge < -0.3 is 14.8 Å². The Morgan fingerprint density at radius 2 is 2.56 bits per heavy atom. The molecule has 1 aromatic heterocycles. The van der Waals surface area contributed by atoms with Crippen molar-refractivity contribution in [1.82, 2.24) is 4.98 Å². The van der Waals surface area contributed by atoms with Crippen molar-refractivity contribution in [1.29, 1.82) is 0 Å². The van der Waals surface area contributed by atoms with Crippen LogP contribution in [0.5, 0.6) is 5.75 Å². The largest absolute Gasteiger partial charge is 0.497 e. The van der Waals surface area contributed by atoms with Crippen molar-refractivity contribution >= 4 is 11.7 Å². The van der Waals surface area contributed by atoms with Crippen LogP contribution < -0.4 is 10.1 Å². The van der Waals surface area contributed by atoms with Gasteiger partial charge in [0.15, 0.2) is 0 Å². The third-order valence-electron chi connectivity index (χ3n) is 2.52. The average molecular weight is 222 g/mol. The molecule has 1 fully saturated rings. The lowest BCUT2D eigenvalue weighted by atomic mass is 10.1. The maximum atomic E-state index is 11.7. The van der Waals surface area contributed by atoms with Crippen molar-refractivity contribution in [2.45, 2.75) is 6.42 Å². The number of nitrogens with zero attached hydrogens (tertiary/aromatic N) is 1. The lowest BCUT2D eigenvalue weighted by molar-refractivity contribution is -0.119. The molecular weight excluding hydrogens is 208 g/mol. The highest BCUT2D eigenvalue weighted by atomic mass is 16.5. The van der Waals surface area contributed by atoms with Gasteiger partial charge in [-0.25, -0.2) is 4.98 Å². The van der Waals surface area contributed by atoms with Crippen molar-refractivity contribution in [3.63, 3.8) is 0 Å². The van der Waals surface area contributed by atoms with Gasteiger partial charge in [-0.2, -0.15) is 0 Å². The fourth-order valence-electron chi connectivity index (χ4n) is 1.58. The lowest BCUT2D eigenvalue weighted by Gasteiger charge is -2.09. The molecule has 0 unspecified atom stereocenters. The van der Waals surface area contributed by atoms with E-state index in [1.54, 1.807) is 25.4 Å². The van der Waals surface area contributed by atoms with E-state index in [0.717, 1.165) is 6.42 Å². The molecule has 86 valence electrons. The minimum Gasteiger partial charge on any atom is -0.497 e. The molecule has 1 atom stereocenters. The van der Waals surface area contributed by atoms with Crippen LogP contribution in [0.25, 0.3) is 0 Å². The zero-order valence-corrected chi connectivity index (χ0v) is 9.10. The smallest absolute Gasteiger partial charge is 0.231 e. The first-order valence-corrected chi connectivity index (χ1v) is 5.18. The Morgan fingerprint density at radius 1 is 1.69 bits per heavy atom. The number of carbonyl (C=O) groups excluding carboxylic acids is 1. The number of amides is 1. The summed E-state index contributed by atoms with van der Waals surface area (Å²) in [4.78, 5) is 15.8. The third kappa shape index (κ3) is 2.49. The van der Waals surface area contributed by atoms with Gasteiger partial charge in [-0.15, -0.1) is 0 Å². The summed E-state index contributed by atoms with van der Waals surface area (Å²) in [5, 5.41) is 2.75. The van der Waals surface area contributed by atoms with E-state index in [1.807, 2.05) is 0 Å². The normalized spacial score (nSPS) is 19.4. The second-order valence-corrected chi connectivity index (χ2v) is 3.63. The summed E-state index contributed by atoms with van der Waals surface area (Å²) in [6, 6.07) is 3.42. The molecule has 2 heterocycles. The molecule has 5 heteroatoms. The number of anilines is 1. The molecule has 0 aliphatic carbocycles. The van der Waals surface area contributed by atoms with E-state index >= 15 is 0 Å². The van der Waals surface area contributed by atoms with Crippen LogP contribution in [-0.2, 0) is 9.53 Å². The molecule has 0 saturated carbocycles. The van der Waals surface area contributed by atoms with E-state index in [0.29, 0.717) is 24.8 Å². The Hall–Kier alpha value is -1.62. The topological polar surface area (TPSA) is 60.5 Å². The first-order valence-electron chi connectivity index (χ1n) is 5.18. The number of rotatable bonds is 3. The Balaban J connectivity index is 1.99. The number of hydrogen-bond acceptors (Lipinski definition) is 4. The zero-order chi connectivity index (χ0) is 11.4. The molecule has 1 saturated heterocycles. The monoisotopic (exact) mass is 222 g/mol. The number of ether oxygens (including phenoxy) is 2. The van der Waals surface area contributed by atoms with Crippen molar-refractivity contribution in [2.24, 2.45) is 5.92 Å². The number of methoxy groups -OCH3 is 1. The highest BCUT2D eigenvalue weighted by Crippen LogP contribution is 2.17. The van der Waals surface area contributed by atoms with Crippen molar-refractivity contribution < 1.29 is 14.3 Å². The number of pyridine rings is 1. The van der Waals surface area contributed by atoms with Gasteiger partial charge >= 0.3 is 0 Å². The molecule has 1 amide bonds. The molecule has 1 aliphatic rings. The molecular formula is C11H14N2O3. The zero-order valence-electron chi connectivity index (χ0n) is 9.10. The van der Waals surface area contributed by atoms with Crippen LogP contribution in [0, 0.1) is 5.92 Å². The molecule has 0 spiro atoms. The SMILES string of the molecule is COc1ccnc(NC(=O)[C@@H]2CCOC2)c1. The molecule has 0 aromatic carbocycles. The maximum Gasteiger partial charge on any atom is 0.231 e.